The second-order valence-corrected chi connectivity index (χ2v) is 5.31. The molecule has 114 valence electrons. The standard InChI is InChI=1S/C15H19FN2O3/c1-11(15(20)21)10-17-6-8-18(9-7-17)14(19)12-4-2-3-5-13(12)16/h2-5,11H,6-10H2,1H3,(H,20,21). The molecule has 1 fully saturated rings. The van der Waals surface area contributed by atoms with Crippen molar-refractivity contribution in [1.82, 2.24) is 9.80 Å². The lowest BCUT2D eigenvalue weighted by Crippen LogP contribution is -2.50. The molecule has 1 saturated heterocycles. The summed E-state index contributed by atoms with van der Waals surface area (Å²) in [5.41, 5.74) is 0.0878. The Bertz CT molecular complexity index is 527. The Kier molecular flexibility index (Phi) is 4.90. The molecule has 0 spiro atoms. The van der Waals surface area contributed by atoms with Crippen LogP contribution in [0.15, 0.2) is 24.3 Å². The van der Waals surface area contributed by atoms with Gasteiger partial charge in [0.1, 0.15) is 5.82 Å². The Morgan fingerprint density at radius 3 is 2.43 bits per heavy atom. The highest BCUT2D eigenvalue weighted by atomic mass is 19.1. The van der Waals surface area contributed by atoms with Gasteiger partial charge in [0.2, 0.25) is 0 Å². The fourth-order valence-corrected chi connectivity index (χ4v) is 2.40. The summed E-state index contributed by atoms with van der Waals surface area (Å²) in [6.45, 7) is 4.32. The van der Waals surface area contributed by atoms with Crippen molar-refractivity contribution in [2.45, 2.75) is 6.92 Å². The predicted octanol–water partition coefficient (Wildman–Crippen LogP) is 1.30. The summed E-state index contributed by atoms with van der Waals surface area (Å²) in [4.78, 5) is 26.7. The third-order valence-corrected chi connectivity index (χ3v) is 3.72. The van der Waals surface area contributed by atoms with E-state index in [0.717, 1.165) is 0 Å². The first kappa shape index (κ1) is 15.4. The first-order valence-electron chi connectivity index (χ1n) is 6.98. The van der Waals surface area contributed by atoms with Gasteiger partial charge in [-0.2, -0.15) is 0 Å². The van der Waals surface area contributed by atoms with Crippen LogP contribution in [0.2, 0.25) is 0 Å². The smallest absolute Gasteiger partial charge is 0.307 e. The highest BCUT2D eigenvalue weighted by Gasteiger charge is 2.25. The molecule has 0 radical (unpaired) electrons. The number of halogens is 1. The van der Waals surface area contributed by atoms with Crippen molar-refractivity contribution in [3.05, 3.63) is 35.6 Å². The molecule has 1 amide bonds. The fourth-order valence-electron chi connectivity index (χ4n) is 2.40. The van der Waals surface area contributed by atoms with Crippen LogP contribution in [-0.2, 0) is 4.79 Å². The van der Waals surface area contributed by atoms with Gasteiger partial charge in [0.25, 0.3) is 5.91 Å². The van der Waals surface area contributed by atoms with Gasteiger partial charge in [-0.25, -0.2) is 4.39 Å². The molecular formula is C15H19FN2O3. The predicted molar refractivity (Wildman–Crippen MR) is 75.5 cm³/mol. The molecule has 1 unspecified atom stereocenters. The lowest BCUT2D eigenvalue weighted by atomic mass is 10.1. The van der Waals surface area contributed by atoms with Gasteiger partial charge >= 0.3 is 5.97 Å². The minimum atomic E-state index is -0.820. The van der Waals surface area contributed by atoms with Gasteiger partial charge in [-0.15, -0.1) is 0 Å². The zero-order valence-electron chi connectivity index (χ0n) is 12.0. The second-order valence-electron chi connectivity index (χ2n) is 5.31. The van der Waals surface area contributed by atoms with E-state index in [1.54, 1.807) is 24.0 Å². The molecule has 2 rings (SSSR count). The molecule has 1 aliphatic rings. The lowest BCUT2D eigenvalue weighted by molar-refractivity contribution is -0.141. The van der Waals surface area contributed by atoms with Gasteiger partial charge in [0.15, 0.2) is 0 Å². The topological polar surface area (TPSA) is 60.9 Å². The van der Waals surface area contributed by atoms with Crippen LogP contribution in [0.5, 0.6) is 0 Å². The van der Waals surface area contributed by atoms with Crippen LogP contribution in [0.3, 0.4) is 0 Å². The third-order valence-electron chi connectivity index (χ3n) is 3.72. The lowest BCUT2D eigenvalue weighted by Gasteiger charge is -2.35. The number of hydrogen-bond donors (Lipinski definition) is 1. The van der Waals surface area contributed by atoms with E-state index in [2.05, 4.69) is 0 Å². The number of amides is 1. The average Bonchev–Trinajstić information content (AvgIpc) is 2.47. The van der Waals surface area contributed by atoms with E-state index in [4.69, 9.17) is 5.11 Å². The van der Waals surface area contributed by atoms with Crippen LogP contribution >= 0.6 is 0 Å². The Hall–Kier alpha value is -1.95. The summed E-state index contributed by atoms with van der Waals surface area (Å²) in [7, 11) is 0. The maximum absolute atomic E-state index is 13.6. The molecule has 1 aromatic rings. The molecule has 1 aromatic carbocycles. The Balaban J connectivity index is 1.91. The molecule has 0 aromatic heterocycles. The summed E-state index contributed by atoms with van der Waals surface area (Å²) >= 11 is 0. The number of carboxylic acids is 1. The number of nitrogens with zero attached hydrogens (tertiary/aromatic N) is 2. The zero-order valence-corrected chi connectivity index (χ0v) is 12.0. The molecule has 0 saturated carbocycles. The fraction of sp³-hybridized carbons (Fsp3) is 0.467. The minimum Gasteiger partial charge on any atom is -0.481 e. The number of hydrogen-bond acceptors (Lipinski definition) is 3. The van der Waals surface area contributed by atoms with Gasteiger partial charge in [0, 0.05) is 32.7 Å². The van der Waals surface area contributed by atoms with Gasteiger partial charge in [-0.3, -0.25) is 14.5 Å². The molecule has 1 aliphatic heterocycles. The van der Waals surface area contributed by atoms with Crippen LogP contribution in [0.4, 0.5) is 4.39 Å². The summed E-state index contributed by atoms with van der Waals surface area (Å²) in [6, 6.07) is 5.95. The van der Waals surface area contributed by atoms with E-state index in [-0.39, 0.29) is 11.5 Å². The quantitative estimate of drug-likeness (QED) is 0.909. The van der Waals surface area contributed by atoms with Crippen molar-refractivity contribution in [3.63, 3.8) is 0 Å². The van der Waals surface area contributed by atoms with Crippen molar-refractivity contribution < 1.29 is 19.1 Å². The van der Waals surface area contributed by atoms with Crippen molar-refractivity contribution in [2.75, 3.05) is 32.7 Å². The van der Waals surface area contributed by atoms with Gasteiger partial charge < -0.3 is 10.0 Å². The SMILES string of the molecule is CC(CN1CCN(C(=O)c2ccccc2F)CC1)C(=O)O. The van der Waals surface area contributed by atoms with Crippen molar-refractivity contribution in [3.8, 4) is 0 Å². The van der Waals surface area contributed by atoms with Gasteiger partial charge in [0.05, 0.1) is 11.5 Å². The van der Waals surface area contributed by atoms with Crippen LogP contribution in [0.1, 0.15) is 17.3 Å². The van der Waals surface area contributed by atoms with E-state index in [9.17, 15) is 14.0 Å². The highest BCUT2D eigenvalue weighted by molar-refractivity contribution is 5.94. The minimum absolute atomic E-state index is 0.0878. The molecule has 1 heterocycles. The monoisotopic (exact) mass is 294 g/mol. The molecule has 0 aliphatic carbocycles. The summed E-state index contributed by atoms with van der Waals surface area (Å²) in [5, 5.41) is 8.90. The largest absolute Gasteiger partial charge is 0.481 e. The molecule has 0 bridgehead atoms. The third kappa shape index (κ3) is 3.78. The van der Waals surface area contributed by atoms with Crippen LogP contribution in [-0.4, -0.2) is 59.5 Å². The van der Waals surface area contributed by atoms with Crippen molar-refractivity contribution in [1.29, 1.82) is 0 Å². The normalized spacial score (nSPS) is 17.5. The number of carbonyl (C=O) groups is 2. The van der Waals surface area contributed by atoms with Gasteiger partial charge in [-0.05, 0) is 12.1 Å². The van der Waals surface area contributed by atoms with Crippen molar-refractivity contribution >= 4 is 11.9 Å². The van der Waals surface area contributed by atoms with E-state index in [1.165, 1.54) is 12.1 Å². The Morgan fingerprint density at radius 1 is 1.24 bits per heavy atom. The summed E-state index contributed by atoms with van der Waals surface area (Å²) < 4.78 is 13.6. The first-order chi connectivity index (χ1) is 9.99. The molecule has 21 heavy (non-hydrogen) atoms. The Labute approximate surface area is 123 Å². The summed E-state index contributed by atoms with van der Waals surface area (Å²) in [6.07, 6.45) is 0. The van der Waals surface area contributed by atoms with Crippen LogP contribution in [0.25, 0.3) is 0 Å². The van der Waals surface area contributed by atoms with Crippen LogP contribution in [0, 0.1) is 11.7 Å². The van der Waals surface area contributed by atoms with E-state index >= 15 is 0 Å². The average molecular weight is 294 g/mol. The maximum Gasteiger partial charge on any atom is 0.307 e. The number of carbonyl (C=O) groups excluding carboxylic acids is 1. The molecule has 1 N–H and O–H groups in total. The zero-order chi connectivity index (χ0) is 15.4. The van der Waals surface area contributed by atoms with Gasteiger partial charge in [-0.1, -0.05) is 19.1 Å². The number of piperazine rings is 1. The number of benzene rings is 1. The van der Waals surface area contributed by atoms with E-state index in [0.29, 0.717) is 32.7 Å². The molecule has 6 heteroatoms. The molecule has 5 nitrogen and oxygen atoms in total. The number of rotatable bonds is 4. The maximum atomic E-state index is 13.6. The number of aliphatic carboxylic acids is 1. The molecular weight excluding hydrogens is 275 g/mol. The summed E-state index contributed by atoms with van der Waals surface area (Å²) in [5.74, 6) is -2.07. The Morgan fingerprint density at radius 2 is 1.86 bits per heavy atom. The second kappa shape index (κ2) is 6.67. The van der Waals surface area contributed by atoms with E-state index < -0.39 is 17.7 Å². The highest BCUT2D eigenvalue weighted by Crippen LogP contribution is 2.13. The van der Waals surface area contributed by atoms with Crippen LogP contribution < -0.4 is 0 Å². The molecule has 1 atom stereocenters. The first-order valence-corrected chi connectivity index (χ1v) is 6.98. The number of carboxylic acid groups (broad SMARTS) is 1. The van der Waals surface area contributed by atoms with E-state index in [1.807, 2.05) is 4.90 Å². The van der Waals surface area contributed by atoms with Crippen molar-refractivity contribution in [2.24, 2.45) is 5.92 Å².